The second kappa shape index (κ2) is 7.47. The minimum Gasteiger partial charge on any atom is -0.595 e. The van der Waals surface area contributed by atoms with E-state index in [4.69, 9.17) is 9.15 Å². The number of quaternary nitrogens is 1. The number of nitrogens with zero attached hydrogens (tertiary/aromatic N) is 2. The van der Waals surface area contributed by atoms with Crippen LogP contribution in [0.15, 0.2) is 77.7 Å². The summed E-state index contributed by atoms with van der Waals surface area (Å²) in [6.07, 6.45) is 6.43. The van der Waals surface area contributed by atoms with Crippen molar-refractivity contribution >= 4 is 29.0 Å². The van der Waals surface area contributed by atoms with E-state index in [9.17, 15) is 20.0 Å². The molecule has 1 saturated heterocycles. The van der Waals surface area contributed by atoms with Gasteiger partial charge in [-0.15, -0.1) is 0 Å². The average Bonchev–Trinajstić information content (AvgIpc) is 3.42. The second-order valence-electron chi connectivity index (χ2n) is 7.23. The highest BCUT2D eigenvalue weighted by Crippen LogP contribution is 2.47. The SMILES string of the molecule is O=C1OC(=O)C2C1C(c1ccccc1[NH+]([O-])O)C=C(c1ccco1)N2c1ccncc1. The first-order valence-electron chi connectivity index (χ1n) is 9.59. The lowest BCUT2D eigenvalue weighted by Crippen LogP contribution is -2.99. The van der Waals surface area contributed by atoms with E-state index in [0.717, 1.165) is 0 Å². The third-order valence-corrected chi connectivity index (χ3v) is 5.58. The number of carbonyl (C=O) groups is 2. The summed E-state index contributed by atoms with van der Waals surface area (Å²) < 4.78 is 10.6. The predicted octanol–water partition coefficient (Wildman–Crippen LogP) is 1.79. The molecule has 2 N–H and O–H groups in total. The summed E-state index contributed by atoms with van der Waals surface area (Å²) in [5, 5.41) is 20.4. The molecule has 0 bridgehead atoms. The molecule has 4 unspecified atom stereocenters. The van der Waals surface area contributed by atoms with Gasteiger partial charge in [-0.05, 0) is 30.3 Å². The summed E-state index contributed by atoms with van der Waals surface area (Å²) in [4.78, 5) is 31.3. The molecule has 31 heavy (non-hydrogen) atoms. The van der Waals surface area contributed by atoms with Crippen molar-refractivity contribution in [3.63, 3.8) is 0 Å². The summed E-state index contributed by atoms with van der Waals surface area (Å²) in [5.41, 5.74) is 1.65. The molecule has 1 aromatic carbocycles. The summed E-state index contributed by atoms with van der Waals surface area (Å²) in [6, 6.07) is 12.4. The van der Waals surface area contributed by atoms with Crippen molar-refractivity contribution in [2.24, 2.45) is 5.92 Å². The lowest BCUT2D eigenvalue weighted by molar-refractivity contribution is -0.991. The number of hydrogen-bond donors (Lipinski definition) is 2. The Kier molecular flexibility index (Phi) is 4.63. The largest absolute Gasteiger partial charge is 0.595 e. The van der Waals surface area contributed by atoms with Crippen LogP contribution < -0.4 is 10.1 Å². The molecule has 2 aliphatic rings. The Balaban J connectivity index is 1.76. The summed E-state index contributed by atoms with van der Waals surface area (Å²) >= 11 is 0. The molecular formula is C22H17N3O6. The van der Waals surface area contributed by atoms with Crippen molar-refractivity contribution in [2.75, 3.05) is 4.90 Å². The molecule has 0 spiro atoms. The van der Waals surface area contributed by atoms with E-state index in [2.05, 4.69) is 4.98 Å². The lowest BCUT2D eigenvalue weighted by atomic mass is 9.77. The average molecular weight is 419 g/mol. The van der Waals surface area contributed by atoms with Gasteiger partial charge in [0, 0.05) is 35.6 Å². The van der Waals surface area contributed by atoms with Gasteiger partial charge >= 0.3 is 11.9 Å². The number of para-hydroxylation sites is 1. The fourth-order valence-corrected chi connectivity index (χ4v) is 4.31. The zero-order valence-corrected chi connectivity index (χ0v) is 16.0. The van der Waals surface area contributed by atoms with Crippen LogP contribution in [-0.4, -0.2) is 28.2 Å². The number of ether oxygens (including phenoxy) is 1. The molecule has 0 radical (unpaired) electrons. The smallest absolute Gasteiger partial charge is 0.337 e. The second-order valence-corrected chi connectivity index (χ2v) is 7.23. The first-order valence-corrected chi connectivity index (χ1v) is 9.59. The van der Waals surface area contributed by atoms with Gasteiger partial charge < -0.3 is 19.3 Å². The molecule has 156 valence electrons. The highest BCUT2D eigenvalue weighted by atomic mass is 16.8. The number of furan rings is 1. The minimum atomic E-state index is -1.12. The maximum absolute atomic E-state index is 12.8. The first-order chi connectivity index (χ1) is 15.1. The van der Waals surface area contributed by atoms with Crippen LogP contribution in [0.2, 0.25) is 0 Å². The molecule has 0 saturated carbocycles. The van der Waals surface area contributed by atoms with Crippen LogP contribution in [0, 0.1) is 11.1 Å². The molecule has 5 rings (SSSR count). The Morgan fingerprint density at radius 2 is 1.81 bits per heavy atom. The normalized spacial score (nSPS) is 23.9. The molecule has 0 aliphatic carbocycles. The van der Waals surface area contributed by atoms with Crippen molar-refractivity contribution in [1.29, 1.82) is 0 Å². The number of carbonyl (C=O) groups excluding carboxylic acids is 2. The third kappa shape index (κ3) is 3.12. The van der Waals surface area contributed by atoms with Crippen LogP contribution in [0.25, 0.3) is 5.70 Å². The van der Waals surface area contributed by atoms with Gasteiger partial charge in [-0.25, -0.2) is 10.0 Å². The Labute approximate surface area is 176 Å². The zero-order chi connectivity index (χ0) is 21.5. The van der Waals surface area contributed by atoms with E-state index in [1.807, 2.05) is 0 Å². The fourth-order valence-electron chi connectivity index (χ4n) is 4.31. The molecule has 2 aliphatic heterocycles. The number of esters is 2. The maximum Gasteiger partial charge on any atom is 0.337 e. The number of benzene rings is 1. The van der Waals surface area contributed by atoms with Crippen molar-refractivity contribution in [3.05, 3.63) is 89.8 Å². The van der Waals surface area contributed by atoms with Gasteiger partial charge in [0.2, 0.25) is 0 Å². The molecule has 4 atom stereocenters. The number of pyridine rings is 1. The molecule has 2 aromatic heterocycles. The Morgan fingerprint density at radius 1 is 1.03 bits per heavy atom. The van der Waals surface area contributed by atoms with Crippen molar-refractivity contribution in [3.8, 4) is 0 Å². The molecular weight excluding hydrogens is 402 g/mol. The maximum atomic E-state index is 12.8. The Morgan fingerprint density at radius 3 is 2.52 bits per heavy atom. The number of fused-ring (bicyclic) bond motifs is 1. The number of allylic oxidation sites excluding steroid dienone is 1. The summed E-state index contributed by atoms with van der Waals surface area (Å²) in [7, 11) is 0. The minimum absolute atomic E-state index is 0.0609. The van der Waals surface area contributed by atoms with Crippen molar-refractivity contribution < 1.29 is 29.2 Å². The summed E-state index contributed by atoms with van der Waals surface area (Å²) in [5.74, 6) is -2.52. The third-order valence-electron chi connectivity index (χ3n) is 5.58. The molecule has 9 heteroatoms. The highest BCUT2D eigenvalue weighted by Gasteiger charge is 2.55. The van der Waals surface area contributed by atoms with Gasteiger partial charge in [0.25, 0.3) is 0 Å². The van der Waals surface area contributed by atoms with Gasteiger partial charge in [-0.3, -0.25) is 9.78 Å². The van der Waals surface area contributed by atoms with E-state index >= 15 is 0 Å². The van der Waals surface area contributed by atoms with Gasteiger partial charge in [0.05, 0.1) is 17.9 Å². The van der Waals surface area contributed by atoms with E-state index < -0.39 is 35.0 Å². The number of rotatable bonds is 4. The Hall–Kier alpha value is -3.79. The molecule has 4 heterocycles. The van der Waals surface area contributed by atoms with Gasteiger partial charge in [0.1, 0.15) is 11.8 Å². The quantitative estimate of drug-likeness (QED) is 0.373. The summed E-state index contributed by atoms with van der Waals surface area (Å²) in [6.45, 7) is 0. The number of aromatic nitrogens is 1. The number of anilines is 1. The standard InChI is InChI=1S/C22H17N3O6/c26-21-19-15(14-4-1-2-5-16(14)25(28)29)12-17(18-6-3-11-30-18)24(20(19)22(27)31-21)13-7-9-23-10-8-13/h1-12,15,19-20,25,28H. The van der Waals surface area contributed by atoms with Crippen LogP contribution in [0.3, 0.4) is 0 Å². The van der Waals surface area contributed by atoms with Gasteiger partial charge in [-0.1, -0.05) is 18.2 Å². The Bertz CT molecular complexity index is 1160. The lowest BCUT2D eigenvalue weighted by Gasteiger charge is -2.39. The van der Waals surface area contributed by atoms with Crippen LogP contribution in [0.5, 0.6) is 0 Å². The van der Waals surface area contributed by atoms with E-state index in [-0.39, 0.29) is 5.69 Å². The predicted molar refractivity (Wildman–Crippen MR) is 107 cm³/mol. The topological polar surface area (TPSA) is 120 Å². The van der Waals surface area contributed by atoms with Crippen LogP contribution >= 0.6 is 0 Å². The van der Waals surface area contributed by atoms with Crippen molar-refractivity contribution in [2.45, 2.75) is 12.0 Å². The molecule has 1 fully saturated rings. The molecule has 0 amide bonds. The molecule has 3 aromatic rings. The first kappa shape index (κ1) is 19.2. The number of cyclic esters (lactones) is 2. The highest BCUT2D eigenvalue weighted by molar-refractivity contribution is 6.05. The van der Waals surface area contributed by atoms with Crippen LogP contribution in [0.1, 0.15) is 17.2 Å². The van der Waals surface area contributed by atoms with E-state index in [1.54, 1.807) is 65.8 Å². The van der Waals surface area contributed by atoms with Gasteiger partial charge in [-0.2, -0.15) is 5.23 Å². The monoisotopic (exact) mass is 419 g/mol. The van der Waals surface area contributed by atoms with Crippen molar-refractivity contribution in [1.82, 2.24) is 4.98 Å². The van der Waals surface area contributed by atoms with E-state index in [1.165, 1.54) is 12.3 Å². The number of hydrogen-bond acceptors (Lipinski definition) is 8. The number of nitrogens with one attached hydrogen (secondary N) is 1. The fraction of sp³-hybridized carbons (Fsp3) is 0.136. The molecule has 9 nitrogen and oxygen atoms in total. The van der Waals surface area contributed by atoms with E-state index in [0.29, 0.717) is 22.7 Å². The van der Waals surface area contributed by atoms with Crippen LogP contribution in [0.4, 0.5) is 11.4 Å². The van der Waals surface area contributed by atoms with Crippen LogP contribution in [-0.2, 0) is 14.3 Å². The zero-order valence-electron chi connectivity index (χ0n) is 16.0. The van der Waals surface area contributed by atoms with Gasteiger partial charge in [0.15, 0.2) is 5.69 Å².